The van der Waals surface area contributed by atoms with Crippen LogP contribution < -0.4 is 4.90 Å². The van der Waals surface area contributed by atoms with Crippen LogP contribution in [0.1, 0.15) is 6.42 Å². The van der Waals surface area contributed by atoms with Crippen LogP contribution in [0, 0.1) is 21.4 Å². The van der Waals surface area contributed by atoms with Gasteiger partial charge in [-0.1, -0.05) is 0 Å². The first kappa shape index (κ1) is 13.9. The average Bonchev–Trinajstić information content (AvgIpc) is 2.39. The Labute approximate surface area is 105 Å². The van der Waals surface area contributed by atoms with Gasteiger partial charge in [0.2, 0.25) is 0 Å². The van der Waals surface area contributed by atoms with Gasteiger partial charge in [0, 0.05) is 26.3 Å². The van der Waals surface area contributed by atoms with E-state index in [4.69, 9.17) is 10.00 Å². The molecule has 0 aliphatic carbocycles. The summed E-state index contributed by atoms with van der Waals surface area (Å²) in [6, 6.07) is 5.03. The first-order chi connectivity index (χ1) is 8.69. The Balaban J connectivity index is 2.77. The molecule has 0 aromatic carbocycles. The fourth-order valence-electron chi connectivity index (χ4n) is 1.43. The lowest BCUT2D eigenvalue weighted by atomic mass is 10.3. The SMILES string of the molecule is COCCN(CCC#N)c1ccc([N+](=O)[O-])nc1. The molecular weight excluding hydrogens is 236 g/mol. The Morgan fingerprint density at radius 2 is 2.33 bits per heavy atom. The summed E-state index contributed by atoms with van der Waals surface area (Å²) in [7, 11) is 1.59. The molecule has 7 heteroatoms. The van der Waals surface area contributed by atoms with Gasteiger partial charge in [0.25, 0.3) is 0 Å². The molecule has 96 valence electrons. The minimum Gasteiger partial charge on any atom is -0.383 e. The second kappa shape index (κ2) is 7.19. The minimum atomic E-state index is -0.543. The number of hydrogen-bond acceptors (Lipinski definition) is 6. The summed E-state index contributed by atoms with van der Waals surface area (Å²) in [6.45, 7) is 1.67. The maximum atomic E-state index is 10.5. The van der Waals surface area contributed by atoms with Crippen molar-refractivity contribution in [2.24, 2.45) is 0 Å². The van der Waals surface area contributed by atoms with Gasteiger partial charge in [-0.2, -0.15) is 5.26 Å². The third kappa shape index (κ3) is 3.99. The first-order valence-corrected chi connectivity index (χ1v) is 5.40. The molecule has 1 aromatic heterocycles. The molecule has 18 heavy (non-hydrogen) atoms. The van der Waals surface area contributed by atoms with Crippen LogP contribution in [0.2, 0.25) is 0 Å². The predicted octanol–water partition coefficient (Wildman–Crippen LogP) is 1.36. The number of methoxy groups -OCH3 is 1. The van der Waals surface area contributed by atoms with Crippen LogP contribution in [0.5, 0.6) is 0 Å². The second-order valence-electron chi connectivity index (χ2n) is 3.52. The van der Waals surface area contributed by atoms with Gasteiger partial charge in [-0.3, -0.25) is 0 Å². The van der Waals surface area contributed by atoms with Crippen molar-refractivity contribution in [2.45, 2.75) is 6.42 Å². The van der Waals surface area contributed by atoms with E-state index in [2.05, 4.69) is 11.1 Å². The molecule has 0 unspecified atom stereocenters. The fraction of sp³-hybridized carbons (Fsp3) is 0.455. The zero-order chi connectivity index (χ0) is 13.4. The van der Waals surface area contributed by atoms with Crippen molar-refractivity contribution in [3.8, 4) is 6.07 Å². The number of nitrogens with zero attached hydrogens (tertiary/aromatic N) is 4. The van der Waals surface area contributed by atoms with Crippen LogP contribution >= 0.6 is 0 Å². The molecule has 1 aromatic rings. The van der Waals surface area contributed by atoms with E-state index in [1.165, 1.54) is 12.3 Å². The number of hydrogen-bond donors (Lipinski definition) is 0. The molecule has 7 nitrogen and oxygen atoms in total. The van der Waals surface area contributed by atoms with Gasteiger partial charge in [-0.05, 0) is 16.0 Å². The molecule has 0 bridgehead atoms. The smallest absolute Gasteiger partial charge is 0.363 e. The summed E-state index contributed by atoms with van der Waals surface area (Å²) in [5.41, 5.74) is 0.743. The zero-order valence-corrected chi connectivity index (χ0v) is 10.1. The molecule has 0 aliphatic heterocycles. The summed E-state index contributed by atoms with van der Waals surface area (Å²) < 4.78 is 4.98. The average molecular weight is 250 g/mol. The Bertz CT molecular complexity index is 427. The number of nitriles is 1. The number of ether oxygens (including phenoxy) is 1. The highest BCUT2D eigenvalue weighted by molar-refractivity contribution is 5.46. The highest BCUT2D eigenvalue weighted by atomic mass is 16.6. The summed E-state index contributed by atoms with van der Waals surface area (Å²) in [6.07, 6.45) is 1.81. The van der Waals surface area contributed by atoms with E-state index in [1.54, 1.807) is 13.2 Å². The van der Waals surface area contributed by atoms with E-state index in [0.29, 0.717) is 26.1 Å². The van der Waals surface area contributed by atoms with Crippen LogP contribution in [0.25, 0.3) is 0 Å². The van der Waals surface area contributed by atoms with Gasteiger partial charge in [-0.15, -0.1) is 0 Å². The van der Waals surface area contributed by atoms with Crippen LogP contribution in [0.15, 0.2) is 18.3 Å². The van der Waals surface area contributed by atoms with Crippen molar-refractivity contribution in [1.29, 1.82) is 5.26 Å². The van der Waals surface area contributed by atoms with Gasteiger partial charge in [0.1, 0.15) is 0 Å². The normalized spacial score (nSPS) is 9.78. The lowest BCUT2D eigenvalue weighted by Crippen LogP contribution is -2.28. The highest BCUT2D eigenvalue weighted by Gasteiger charge is 2.11. The second-order valence-corrected chi connectivity index (χ2v) is 3.52. The van der Waals surface area contributed by atoms with Gasteiger partial charge in [-0.25, -0.2) is 0 Å². The molecule has 0 fully saturated rings. The summed E-state index contributed by atoms with van der Waals surface area (Å²) in [4.78, 5) is 15.6. The van der Waals surface area contributed by atoms with Gasteiger partial charge < -0.3 is 19.8 Å². The molecule has 0 spiro atoms. The zero-order valence-electron chi connectivity index (χ0n) is 10.1. The lowest BCUT2D eigenvalue weighted by Gasteiger charge is -2.21. The van der Waals surface area contributed by atoms with E-state index in [1.807, 2.05) is 4.90 Å². The van der Waals surface area contributed by atoms with Gasteiger partial charge >= 0.3 is 5.82 Å². The predicted molar refractivity (Wildman–Crippen MR) is 65.2 cm³/mol. The maximum Gasteiger partial charge on any atom is 0.363 e. The molecule has 0 saturated carbocycles. The standard InChI is InChI=1S/C11H14N4O3/c1-18-8-7-14(6-2-5-12)10-3-4-11(13-9-10)15(16)17/h3-4,9H,2,6-8H2,1H3. The van der Waals surface area contributed by atoms with Crippen molar-refractivity contribution >= 4 is 11.5 Å². The lowest BCUT2D eigenvalue weighted by molar-refractivity contribution is -0.389. The Kier molecular flexibility index (Phi) is 5.54. The number of rotatable bonds is 7. The number of aromatic nitrogens is 1. The van der Waals surface area contributed by atoms with E-state index in [9.17, 15) is 10.1 Å². The molecule has 0 radical (unpaired) electrons. The third-order valence-electron chi connectivity index (χ3n) is 2.34. The Morgan fingerprint density at radius 1 is 1.56 bits per heavy atom. The Hall–Kier alpha value is -2.20. The van der Waals surface area contributed by atoms with Gasteiger partial charge in [0.15, 0.2) is 6.20 Å². The number of pyridine rings is 1. The first-order valence-electron chi connectivity index (χ1n) is 5.40. The molecule has 0 amide bonds. The third-order valence-corrected chi connectivity index (χ3v) is 2.34. The van der Waals surface area contributed by atoms with Crippen LogP contribution in [0.3, 0.4) is 0 Å². The molecule has 0 aliphatic rings. The maximum absolute atomic E-state index is 10.5. The van der Waals surface area contributed by atoms with Crippen molar-refractivity contribution < 1.29 is 9.66 Å². The van der Waals surface area contributed by atoms with E-state index in [-0.39, 0.29) is 5.82 Å². The molecule has 0 saturated heterocycles. The van der Waals surface area contributed by atoms with Crippen LogP contribution in [-0.2, 0) is 4.74 Å². The van der Waals surface area contributed by atoms with Crippen LogP contribution in [0.4, 0.5) is 11.5 Å². The summed E-state index contributed by atoms with van der Waals surface area (Å²) >= 11 is 0. The minimum absolute atomic E-state index is 0.189. The van der Waals surface area contributed by atoms with Gasteiger partial charge in [0.05, 0.1) is 24.8 Å². The monoisotopic (exact) mass is 250 g/mol. The molecular formula is C11H14N4O3. The largest absolute Gasteiger partial charge is 0.383 e. The summed E-state index contributed by atoms with van der Waals surface area (Å²) in [5, 5.41) is 19.1. The quantitative estimate of drug-likeness (QED) is 0.535. The highest BCUT2D eigenvalue weighted by Crippen LogP contribution is 2.16. The number of anilines is 1. The molecule has 0 atom stereocenters. The topological polar surface area (TPSA) is 92.3 Å². The van der Waals surface area contributed by atoms with Crippen molar-refractivity contribution in [3.63, 3.8) is 0 Å². The summed E-state index contributed by atoms with van der Waals surface area (Å²) in [5.74, 6) is -0.189. The van der Waals surface area contributed by atoms with Crippen molar-refractivity contribution in [1.82, 2.24) is 4.98 Å². The number of nitro groups is 1. The van der Waals surface area contributed by atoms with Crippen molar-refractivity contribution in [2.75, 3.05) is 31.7 Å². The molecule has 1 rings (SSSR count). The van der Waals surface area contributed by atoms with E-state index >= 15 is 0 Å². The molecule has 0 N–H and O–H groups in total. The van der Waals surface area contributed by atoms with E-state index < -0.39 is 4.92 Å². The molecule has 1 heterocycles. The Morgan fingerprint density at radius 3 is 2.83 bits per heavy atom. The van der Waals surface area contributed by atoms with E-state index in [0.717, 1.165) is 5.69 Å². The fourth-order valence-corrected chi connectivity index (χ4v) is 1.43. The van der Waals surface area contributed by atoms with Crippen molar-refractivity contribution in [3.05, 3.63) is 28.4 Å². The van der Waals surface area contributed by atoms with Crippen LogP contribution in [-0.4, -0.2) is 36.7 Å².